The van der Waals surface area contributed by atoms with Gasteiger partial charge in [0.05, 0.1) is 0 Å². The SMILES string of the molecule is CC(=O)OC(C)(C)C(=O)OC1CCC1. The zero-order chi connectivity index (χ0) is 10.8. The van der Waals surface area contributed by atoms with Crippen molar-refractivity contribution in [2.45, 2.75) is 51.7 Å². The molecule has 14 heavy (non-hydrogen) atoms. The first-order valence-corrected chi connectivity index (χ1v) is 4.82. The van der Waals surface area contributed by atoms with Crippen molar-refractivity contribution < 1.29 is 19.1 Å². The van der Waals surface area contributed by atoms with Gasteiger partial charge in [-0.15, -0.1) is 0 Å². The van der Waals surface area contributed by atoms with Crippen LogP contribution in [0.25, 0.3) is 0 Å². The Morgan fingerprint density at radius 2 is 1.86 bits per heavy atom. The molecule has 0 heterocycles. The number of carbonyl (C=O) groups excluding carboxylic acids is 2. The molecule has 0 aromatic carbocycles. The molecule has 1 aliphatic rings. The van der Waals surface area contributed by atoms with Crippen LogP contribution in [0.3, 0.4) is 0 Å². The Bertz CT molecular complexity index is 241. The first kappa shape index (κ1) is 11.0. The third-order valence-corrected chi connectivity index (χ3v) is 2.22. The van der Waals surface area contributed by atoms with Crippen LogP contribution in [-0.4, -0.2) is 23.6 Å². The largest absolute Gasteiger partial charge is 0.459 e. The minimum absolute atomic E-state index is 0.0253. The van der Waals surface area contributed by atoms with Crippen LogP contribution in [-0.2, 0) is 19.1 Å². The summed E-state index contributed by atoms with van der Waals surface area (Å²) in [5, 5.41) is 0. The topological polar surface area (TPSA) is 52.6 Å². The minimum atomic E-state index is -1.17. The van der Waals surface area contributed by atoms with E-state index in [0.29, 0.717) is 0 Å². The van der Waals surface area contributed by atoms with Crippen molar-refractivity contribution in [3.05, 3.63) is 0 Å². The van der Waals surface area contributed by atoms with Gasteiger partial charge >= 0.3 is 11.9 Å². The number of carbonyl (C=O) groups is 2. The number of hydrogen-bond donors (Lipinski definition) is 0. The Morgan fingerprint density at radius 1 is 1.29 bits per heavy atom. The van der Waals surface area contributed by atoms with Crippen LogP contribution in [0.4, 0.5) is 0 Å². The lowest BCUT2D eigenvalue weighted by molar-refractivity contribution is -0.183. The van der Waals surface area contributed by atoms with Crippen LogP contribution in [0.1, 0.15) is 40.0 Å². The summed E-state index contributed by atoms with van der Waals surface area (Å²) in [5.41, 5.74) is -1.17. The van der Waals surface area contributed by atoms with E-state index in [1.165, 1.54) is 20.8 Å². The average molecular weight is 200 g/mol. The number of hydrogen-bond acceptors (Lipinski definition) is 4. The summed E-state index contributed by atoms with van der Waals surface area (Å²) in [6.45, 7) is 4.35. The zero-order valence-corrected chi connectivity index (χ0v) is 8.83. The molecule has 0 N–H and O–H groups in total. The maximum absolute atomic E-state index is 11.5. The molecule has 0 aliphatic heterocycles. The number of rotatable bonds is 3. The molecule has 80 valence electrons. The van der Waals surface area contributed by atoms with E-state index >= 15 is 0 Å². The van der Waals surface area contributed by atoms with Crippen molar-refractivity contribution in [3.8, 4) is 0 Å². The van der Waals surface area contributed by atoms with E-state index in [1.807, 2.05) is 0 Å². The van der Waals surface area contributed by atoms with Gasteiger partial charge in [-0.05, 0) is 33.1 Å². The molecule has 0 amide bonds. The maximum atomic E-state index is 11.5. The Labute approximate surface area is 83.6 Å². The fourth-order valence-corrected chi connectivity index (χ4v) is 1.18. The highest BCUT2D eigenvalue weighted by Crippen LogP contribution is 2.24. The lowest BCUT2D eigenvalue weighted by Crippen LogP contribution is -2.41. The van der Waals surface area contributed by atoms with E-state index in [9.17, 15) is 9.59 Å². The smallest absolute Gasteiger partial charge is 0.350 e. The highest BCUT2D eigenvalue weighted by Gasteiger charge is 2.35. The molecular formula is C10H16O4. The molecular weight excluding hydrogens is 184 g/mol. The molecule has 0 aromatic rings. The fourth-order valence-electron chi connectivity index (χ4n) is 1.18. The van der Waals surface area contributed by atoms with Gasteiger partial charge in [-0.1, -0.05) is 0 Å². The number of ether oxygens (including phenoxy) is 2. The van der Waals surface area contributed by atoms with Gasteiger partial charge in [0.15, 0.2) is 0 Å². The average Bonchev–Trinajstić information content (AvgIpc) is 1.93. The maximum Gasteiger partial charge on any atom is 0.350 e. The van der Waals surface area contributed by atoms with Gasteiger partial charge in [-0.2, -0.15) is 0 Å². The Hall–Kier alpha value is -1.06. The Kier molecular flexibility index (Phi) is 3.13. The minimum Gasteiger partial charge on any atom is -0.459 e. The van der Waals surface area contributed by atoms with Crippen LogP contribution in [0.5, 0.6) is 0 Å². The van der Waals surface area contributed by atoms with Crippen molar-refractivity contribution in [2.24, 2.45) is 0 Å². The quantitative estimate of drug-likeness (QED) is 0.646. The zero-order valence-electron chi connectivity index (χ0n) is 8.83. The standard InChI is InChI=1S/C10H16O4/c1-7(11)14-10(2,3)9(12)13-8-5-4-6-8/h8H,4-6H2,1-3H3. The van der Waals surface area contributed by atoms with Gasteiger partial charge in [0.1, 0.15) is 6.10 Å². The molecule has 0 saturated heterocycles. The monoisotopic (exact) mass is 200 g/mol. The van der Waals surface area contributed by atoms with Gasteiger partial charge in [-0.3, -0.25) is 4.79 Å². The van der Waals surface area contributed by atoms with Crippen molar-refractivity contribution in [1.29, 1.82) is 0 Å². The summed E-state index contributed by atoms with van der Waals surface area (Å²) in [4.78, 5) is 22.2. The Balaban J connectivity index is 2.43. The molecule has 1 aliphatic carbocycles. The molecule has 1 fully saturated rings. The highest BCUT2D eigenvalue weighted by molar-refractivity contribution is 5.82. The summed E-state index contributed by atoms with van der Waals surface area (Å²) >= 11 is 0. The first-order valence-electron chi connectivity index (χ1n) is 4.82. The van der Waals surface area contributed by atoms with Crippen LogP contribution in [0.2, 0.25) is 0 Å². The van der Waals surface area contributed by atoms with Gasteiger partial charge in [0, 0.05) is 6.92 Å². The van der Waals surface area contributed by atoms with E-state index in [1.54, 1.807) is 0 Å². The third kappa shape index (κ3) is 2.72. The molecule has 0 spiro atoms. The molecule has 0 aromatic heterocycles. The van der Waals surface area contributed by atoms with E-state index in [0.717, 1.165) is 19.3 Å². The first-order chi connectivity index (χ1) is 6.42. The van der Waals surface area contributed by atoms with Crippen LogP contribution < -0.4 is 0 Å². The molecule has 1 rings (SSSR count). The fraction of sp³-hybridized carbons (Fsp3) is 0.800. The molecule has 0 bridgehead atoms. The lowest BCUT2D eigenvalue weighted by atomic mass is 9.96. The Morgan fingerprint density at radius 3 is 2.21 bits per heavy atom. The van der Waals surface area contributed by atoms with Gasteiger partial charge < -0.3 is 9.47 Å². The lowest BCUT2D eigenvalue weighted by Gasteiger charge is -2.30. The third-order valence-electron chi connectivity index (χ3n) is 2.22. The highest BCUT2D eigenvalue weighted by atomic mass is 16.6. The summed E-state index contributed by atoms with van der Waals surface area (Å²) in [7, 11) is 0. The van der Waals surface area contributed by atoms with Crippen molar-refractivity contribution in [1.82, 2.24) is 0 Å². The number of esters is 2. The van der Waals surface area contributed by atoms with Crippen LogP contribution >= 0.6 is 0 Å². The second-order valence-electron chi connectivity index (χ2n) is 4.06. The van der Waals surface area contributed by atoms with Crippen molar-refractivity contribution in [3.63, 3.8) is 0 Å². The predicted molar refractivity (Wildman–Crippen MR) is 49.6 cm³/mol. The van der Waals surface area contributed by atoms with Gasteiger partial charge in [0.2, 0.25) is 5.60 Å². The predicted octanol–water partition coefficient (Wildman–Crippen LogP) is 1.42. The summed E-state index contributed by atoms with van der Waals surface area (Å²) < 4.78 is 9.99. The molecule has 1 saturated carbocycles. The summed E-state index contributed by atoms with van der Waals surface area (Å²) in [6.07, 6.45) is 2.97. The van der Waals surface area contributed by atoms with Crippen LogP contribution in [0.15, 0.2) is 0 Å². The summed E-state index contributed by atoms with van der Waals surface area (Å²) in [6, 6.07) is 0. The van der Waals surface area contributed by atoms with Crippen molar-refractivity contribution in [2.75, 3.05) is 0 Å². The van der Waals surface area contributed by atoms with E-state index in [-0.39, 0.29) is 6.10 Å². The van der Waals surface area contributed by atoms with Gasteiger partial charge in [-0.25, -0.2) is 4.79 Å². The van der Waals surface area contributed by atoms with Crippen molar-refractivity contribution >= 4 is 11.9 Å². The molecule has 0 radical (unpaired) electrons. The van der Waals surface area contributed by atoms with E-state index in [2.05, 4.69) is 0 Å². The van der Waals surface area contributed by atoms with E-state index < -0.39 is 17.5 Å². The van der Waals surface area contributed by atoms with Gasteiger partial charge in [0.25, 0.3) is 0 Å². The normalized spacial score (nSPS) is 17.1. The van der Waals surface area contributed by atoms with Crippen LogP contribution in [0, 0.1) is 0 Å². The molecule has 4 nitrogen and oxygen atoms in total. The molecule has 4 heteroatoms. The summed E-state index contributed by atoms with van der Waals surface area (Å²) in [5.74, 6) is -0.932. The molecule has 0 unspecified atom stereocenters. The molecule has 0 atom stereocenters. The van der Waals surface area contributed by atoms with E-state index in [4.69, 9.17) is 9.47 Å². The second kappa shape index (κ2) is 3.98. The second-order valence-corrected chi connectivity index (χ2v) is 4.06.